The molecule has 0 saturated carbocycles. The number of rotatable bonds is 5. The van der Waals surface area contributed by atoms with Crippen molar-refractivity contribution < 1.29 is 19.7 Å². The minimum absolute atomic E-state index is 0.231. The number of thiazole rings is 1. The van der Waals surface area contributed by atoms with Gasteiger partial charge < -0.3 is 14.9 Å². The lowest BCUT2D eigenvalue weighted by Gasteiger charge is -2.18. The summed E-state index contributed by atoms with van der Waals surface area (Å²) in [5.41, 5.74) is 7.53. The first-order chi connectivity index (χ1) is 9.73. The number of carbonyl (C=O) groups is 1. The standard InChI is InChI=1S/C11H17N5O4S/c1-11(2,3)20-10(19)15-9-13-5-7(21-9)8(18)6(17)4-14-16-12/h5-6,8,17-18H,4H2,1-3H3,(H,13,15,19). The Bertz CT molecular complexity index is 535. The monoisotopic (exact) mass is 315 g/mol. The van der Waals surface area contributed by atoms with Crippen LogP contribution in [0.5, 0.6) is 0 Å². The fraction of sp³-hybridized carbons (Fsp3) is 0.636. The summed E-state index contributed by atoms with van der Waals surface area (Å²) in [5, 5.41) is 25.3. The average Bonchev–Trinajstić information content (AvgIpc) is 2.80. The van der Waals surface area contributed by atoms with Gasteiger partial charge in [0.1, 0.15) is 11.7 Å². The number of aliphatic hydroxyl groups excluding tert-OH is 2. The highest BCUT2D eigenvalue weighted by Gasteiger charge is 2.22. The van der Waals surface area contributed by atoms with Crippen LogP contribution in [0, 0.1) is 0 Å². The Morgan fingerprint density at radius 3 is 2.86 bits per heavy atom. The van der Waals surface area contributed by atoms with E-state index in [1.807, 2.05) is 0 Å². The van der Waals surface area contributed by atoms with Gasteiger partial charge in [0.05, 0.1) is 17.5 Å². The highest BCUT2D eigenvalue weighted by Crippen LogP contribution is 2.27. The van der Waals surface area contributed by atoms with Crippen molar-refractivity contribution in [1.82, 2.24) is 4.98 Å². The molecule has 2 unspecified atom stereocenters. The second kappa shape index (κ2) is 7.23. The molecule has 0 aliphatic heterocycles. The van der Waals surface area contributed by atoms with E-state index in [1.165, 1.54) is 6.20 Å². The summed E-state index contributed by atoms with van der Waals surface area (Å²) in [6.07, 6.45) is -1.83. The van der Waals surface area contributed by atoms with Crippen molar-refractivity contribution >= 4 is 22.6 Å². The van der Waals surface area contributed by atoms with E-state index in [4.69, 9.17) is 10.3 Å². The highest BCUT2D eigenvalue weighted by molar-refractivity contribution is 7.15. The Morgan fingerprint density at radius 2 is 2.29 bits per heavy atom. The number of hydrogen-bond acceptors (Lipinski definition) is 7. The largest absolute Gasteiger partial charge is 0.444 e. The second-order valence-corrected chi connectivity index (χ2v) is 6.18. The molecule has 0 saturated heterocycles. The molecule has 1 aromatic heterocycles. The highest BCUT2D eigenvalue weighted by atomic mass is 32.1. The summed E-state index contributed by atoms with van der Waals surface area (Å²) < 4.78 is 5.06. The molecule has 0 radical (unpaired) electrons. The molecule has 1 rings (SSSR count). The van der Waals surface area contributed by atoms with Gasteiger partial charge in [-0.3, -0.25) is 5.32 Å². The zero-order valence-electron chi connectivity index (χ0n) is 11.8. The minimum Gasteiger partial charge on any atom is -0.444 e. The number of aliphatic hydroxyl groups is 2. The van der Waals surface area contributed by atoms with Crippen LogP contribution in [0.1, 0.15) is 31.8 Å². The van der Waals surface area contributed by atoms with Gasteiger partial charge in [0.2, 0.25) is 0 Å². The summed E-state index contributed by atoms with van der Waals surface area (Å²) in [6.45, 7) is 4.94. The van der Waals surface area contributed by atoms with Gasteiger partial charge >= 0.3 is 6.09 Å². The third kappa shape index (κ3) is 5.96. The van der Waals surface area contributed by atoms with E-state index in [1.54, 1.807) is 20.8 Å². The number of aromatic nitrogens is 1. The van der Waals surface area contributed by atoms with Crippen LogP contribution in [0.4, 0.5) is 9.93 Å². The van der Waals surface area contributed by atoms with Gasteiger partial charge in [0.25, 0.3) is 0 Å². The number of ether oxygens (including phenoxy) is 1. The van der Waals surface area contributed by atoms with Crippen molar-refractivity contribution in [3.05, 3.63) is 21.5 Å². The third-order valence-electron chi connectivity index (χ3n) is 2.12. The molecule has 0 aliphatic carbocycles. The minimum atomic E-state index is -1.25. The van der Waals surface area contributed by atoms with E-state index in [9.17, 15) is 15.0 Å². The SMILES string of the molecule is CC(C)(C)OC(=O)Nc1ncc(C(O)C(O)CN=[N+]=[N-])s1. The van der Waals surface area contributed by atoms with Crippen molar-refractivity contribution in [2.45, 2.75) is 38.6 Å². The van der Waals surface area contributed by atoms with Crippen LogP contribution >= 0.6 is 11.3 Å². The molecule has 21 heavy (non-hydrogen) atoms. The molecule has 116 valence electrons. The average molecular weight is 315 g/mol. The van der Waals surface area contributed by atoms with Crippen LogP contribution in [-0.2, 0) is 4.74 Å². The first kappa shape index (κ1) is 17.2. The first-order valence-corrected chi connectivity index (χ1v) is 6.87. The molecule has 10 heteroatoms. The van der Waals surface area contributed by atoms with Gasteiger partial charge in [-0.05, 0) is 26.3 Å². The molecular weight excluding hydrogens is 298 g/mol. The molecule has 1 amide bonds. The summed E-state index contributed by atoms with van der Waals surface area (Å²) >= 11 is 0.989. The summed E-state index contributed by atoms with van der Waals surface area (Å²) in [5.74, 6) is 0. The van der Waals surface area contributed by atoms with Crippen LogP contribution in [0.2, 0.25) is 0 Å². The van der Waals surface area contributed by atoms with Crippen LogP contribution in [-0.4, -0.2) is 39.5 Å². The van der Waals surface area contributed by atoms with Gasteiger partial charge in [-0.25, -0.2) is 9.78 Å². The first-order valence-electron chi connectivity index (χ1n) is 6.05. The molecule has 0 bridgehead atoms. The van der Waals surface area contributed by atoms with Crippen molar-refractivity contribution in [3.63, 3.8) is 0 Å². The second-order valence-electron chi connectivity index (χ2n) is 5.12. The van der Waals surface area contributed by atoms with Crippen LogP contribution in [0.25, 0.3) is 10.4 Å². The van der Waals surface area contributed by atoms with E-state index in [2.05, 4.69) is 20.3 Å². The molecule has 0 aromatic carbocycles. The van der Waals surface area contributed by atoms with Gasteiger partial charge in [-0.1, -0.05) is 16.5 Å². The normalized spacial score (nSPS) is 14.0. The molecule has 1 aromatic rings. The number of nitrogens with zero attached hydrogens (tertiary/aromatic N) is 4. The van der Waals surface area contributed by atoms with E-state index in [0.717, 1.165) is 11.3 Å². The zero-order valence-corrected chi connectivity index (χ0v) is 12.7. The number of carbonyl (C=O) groups excluding carboxylic acids is 1. The smallest absolute Gasteiger partial charge is 0.413 e. The lowest BCUT2D eigenvalue weighted by molar-refractivity contribution is 0.0265. The van der Waals surface area contributed by atoms with Crippen LogP contribution < -0.4 is 5.32 Å². The van der Waals surface area contributed by atoms with E-state index in [-0.39, 0.29) is 11.7 Å². The molecule has 0 spiro atoms. The Morgan fingerprint density at radius 1 is 1.62 bits per heavy atom. The van der Waals surface area contributed by atoms with Crippen molar-refractivity contribution in [2.24, 2.45) is 5.11 Å². The molecule has 3 N–H and O–H groups in total. The maximum Gasteiger partial charge on any atom is 0.413 e. The molecule has 1 heterocycles. The number of azide groups is 1. The van der Waals surface area contributed by atoms with Gasteiger partial charge in [0, 0.05) is 11.1 Å². The quantitative estimate of drug-likeness (QED) is 0.434. The molecule has 9 nitrogen and oxygen atoms in total. The molecule has 2 atom stereocenters. The summed E-state index contributed by atoms with van der Waals surface area (Å²) in [7, 11) is 0. The number of anilines is 1. The van der Waals surface area contributed by atoms with E-state index in [0.29, 0.717) is 4.88 Å². The topological polar surface area (TPSA) is 140 Å². The Labute approximate surface area is 125 Å². The predicted octanol–water partition coefficient (Wildman–Crippen LogP) is 2.19. The Balaban J connectivity index is 2.64. The van der Waals surface area contributed by atoms with Crippen molar-refractivity contribution in [2.75, 3.05) is 11.9 Å². The van der Waals surface area contributed by atoms with Crippen LogP contribution in [0.15, 0.2) is 11.3 Å². The van der Waals surface area contributed by atoms with Gasteiger partial charge in [-0.15, -0.1) is 0 Å². The van der Waals surface area contributed by atoms with Gasteiger partial charge in [0.15, 0.2) is 5.13 Å². The lowest BCUT2D eigenvalue weighted by atomic mass is 10.2. The molecule has 0 fully saturated rings. The number of nitrogens with one attached hydrogen (secondary N) is 1. The number of amides is 1. The Kier molecular flexibility index (Phi) is 5.91. The van der Waals surface area contributed by atoms with E-state index >= 15 is 0 Å². The summed E-state index contributed by atoms with van der Waals surface area (Å²) in [6, 6.07) is 0. The maximum atomic E-state index is 11.5. The molecule has 0 aliphatic rings. The fourth-order valence-corrected chi connectivity index (χ4v) is 2.13. The predicted molar refractivity (Wildman–Crippen MR) is 77.0 cm³/mol. The zero-order chi connectivity index (χ0) is 16.0. The summed E-state index contributed by atoms with van der Waals surface area (Å²) in [4.78, 5) is 18.3. The number of hydrogen-bond donors (Lipinski definition) is 3. The van der Waals surface area contributed by atoms with Gasteiger partial charge in [-0.2, -0.15) is 0 Å². The van der Waals surface area contributed by atoms with Crippen molar-refractivity contribution in [1.29, 1.82) is 0 Å². The lowest BCUT2D eigenvalue weighted by Crippen LogP contribution is -2.27. The van der Waals surface area contributed by atoms with E-state index < -0.39 is 23.9 Å². The van der Waals surface area contributed by atoms with Crippen molar-refractivity contribution in [3.8, 4) is 0 Å². The molecular formula is C11H17N5O4S. The maximum absolute atomic E-state index is 11.5. The third-order valence-corrected chi connectivity index (χ3v) is 3.10. The fourth-order valence-electron chi connectivity index (χ4n) is 1.28. The Hall–Kier alpha value is -1.87. The van der Waals surface area contributed by atoms with Crippen LogP contribution in [0.3, 0.4) is 0 Å².